The minimum absolute atomic E-state index is 0.498. The van der Waals surface area contributed by atoms with E-state index in [1.807, 2.05) is 7.05 Å². The van der Waals surface area contributed by atoms with Crippen molar-refractivity contribution in [1.82, 2.24) is 5.32 Å². The van der Waals surface area contributed by atoms with Gasteiger partial charge in [-0.2, -0.15) is 0 Å². The second-order valence-corrected chi connectivity index (χ2v) is 7.62. The van der Waals surface area contributed by atoms with Gasteiger partial charge in [0.05, 0.1) is 14.4 Å². The number of nitrogens with zero attached hydrogens (tertiary/aromatic N) is 1. The van der Waals surface area contributed by atoms with Crippen molar-refractivity contribution in [3.8, 4) is 0 Å². The molecule has 0 radical (unpaired) electrons. The maximum absolute atomic E-state index is 10.4. The first kappa shape index (κ1) is 14.3. The zero-order chi connectivity index (χ0) is 13.2. The van der Waals surface area contributed by atoms with E-state index in [1.54, 1.807) is 11.3 Å². The minimum Gasteiger partial charge on any atom is -0.389 e. The molecule has 0 amide bonds. The van der Waals surface area contributed by atoms with Gasteiger partial charge in [-0.05, 0) is 60.8 Å². The topological polar surface area (TPSA) is 35.5 Å². The van der Waals surface area contributed by atoms with E-state index in [1.165, 1.54) is 8.79 Å². The predicted octanol–water partition coefficient (Wildman–Crippen LogP) is 2.84. The van der Waals surface area contributed by atoms with Gasteiger partial charge in [0.1, 0.15) is 0 Å². The van der Waals surface area contributed by atoms with E-state index in [2.05, 4.69) is 45.3 Å². The van der Waals surface area contributed by atoms with Crippen LogP contribution < -0.4 is 10.2 Å². The Hall–Kier alpha value is -0.100. The lowest BCUT2D eigenvalue weighted by Crippen LogP contribution is -2.46. The van der Waals surface area contributed by atoms with Gasteiger partial charge in [-0.1, -0.05) is 0 Å². The summed E-state index contributed by atoms with van der Waals surface area (Å²) >= 11 is 5.27. The van der Waals surface area contributed by atoms with Crippen LogP contribution in [0.2, 0.25) is 0 Å². The Bertz CT molecular complexity index is 388. The molecule has 0 atom stereocenters. The molecule has 1 fully saturated rings. The van der Waals surface area contributed by atoms with Crippen molar-refractivity contribution in [3.63, 3.8) is 0 Å². The Kier molecular flexibility index (Phi) is 4.69. The van der Waals surface area contributed by atoms with Gasteiger partial charge in [-0.25, -0.2) is 0 Å². The van der Waals surface area contributed by atoms with Crippen molar-refractivity contribution in [2.45, 2.75) is 37.3 Å². The van der Waals surface area contributed by atoms with E-state index in [-0.39, 0.29) is 0 Å². The fourth-order valence-corrected chi connectivity index (χ4v) is 4.10. The summed E-state index contributed by atoms with van der Waals surface area (Å²) in [5, 5.41) is 14.7. The van der Waals surface area contributed by atoms with Crippen LogP contribution in [0.4, 0.5) is 5.00 Å². The molecule has 1 aliphatic carbocycles. The van der Waals surface area contributed by atoms with E-state index in [9.17, 15) is 5.11 Å². The average molecular weight is 333 g/mol. The monoisotopic (exact) mass is 332 g/mol. The highest BCUT2D eigenvalue weighted by Crippen LogP contribution is 2.35. The SMILES string of the molecule is CNCC1(O)CCC(N(C)c2ccc(Br)s2)CC1. The first-order valence-corrected chi connectivity index (χ1v) is 8.00. The molecule has 0 spiro atoms. The number of anilines is 1. The number of hydrogen-bond acceptors (Lipinski definition) is 4. The smallest absolute Gasteiger partial charge is 0.0920 e. The van der Waals surface area contributed by atoms with Gasteiger partial charge in [0.15, 0.2) is 0 Å². The van der Waals surface area contributed by atoms with Crippen molar-refractivity contribution < 1.29 is 5.11 Å². The van der Waals surface area contributed by atoms with E-state index in [0.29, 0.717) is 12.6 Å². The zero-order valence-corrected chi connectivity index (χ0v) is 13.4. The number of rotatable bonds is 4. The standard InChI is InChI=1S/C13H21BrN2OS/c1-15-9-13(17)7-5-10(6-8-13)16(2)12-4-3-11(14)18-12/h3-4,10,15,17H,5-9H2,1-2H3. The lowest BCUT2D eigenvalue weighted by Gasteiger charge is -2.39. The molecule has 1 aromatic rings. The van der Waals surface area contributed by atoms with Gasteiger partial charge < -0.3 is 15.3 Å². The quantitative estimate of drug-likeness (QED) is 0.889. The maximum atomic E-state index is 10.4. The molecule has 5 heteroatoms. The third kappa shape index (κ3) is 3.26. The van der Waals surface area contributed by atoms with Crippen molar-refractivity contribution >= 4 is 32.3 Å². The zero-order valence-electron chi connectivity index (χ0n) is 10.9. The van der Waals surface area contributed by atoms with Gasteiger partial charge in [0.2, 0.25) is 0 Å². The van der Waals surface area contributed by atoms with Gasteiger partial charge >= 0.3 is 0 Å². The lowest BCUT2D eigenvalue weighted by atomic mass is 9.81. The molecular formula is C13H21BrN2OS. The average Bonchev–Trinajstić information content (AvgIpc) is 2.76. The molecule has 2 rings (SSSR count). The van der Waals surface area contributed by atoms with E-state index >= 15 is 0 Å². The van der Waals surface area contributed by atoms with Crippen LogP contribution in [0.5, 0.6) is 0 Å². The molecule has 0 bridgehead atoms. The van der Waals surface area contributed by atoms with Gasteiger partial charge in [0, 0.05) is 19.6 Å². The predicted molar refractivity (Wildman–Crippen MR) is 81.6 cm³/mol. The van der Waals surface area contributed by atoms with Crippen molar-refractivity contribution in [3.05, 3.63) is 15.9 Å². The molecular weight excluding hydrogens is 312 g/mol. The molecule has 0 saturated heterocycles. The largest absolute Gasteiger partial charge is 0.389 e. The van der Waals surface area contributed by atoms with E-state index in [4.69, 9.17) is 0 Å². The number of halogens is 1. The number of thiophene rings is 1. The number of nitrogens with one attached hydrogen (secondary N) is 1. The molecule has 1 aromatic heterocycles. The molecule has 0 aromatic carbocycles. The molecule has 0 aliphatic heterocycles. The van der Waals surface area contributed by atoms with Crippen LogP contribution in [0.1, 0.15) is 25.7 Å². The summed E-state index contributed by atoms with van der Waals surface area (Å²) in [7, 11) is 4.06. The summed E-state index contributed by atoms with van der Waals surface area (Å²) in [5.74, 6) is 0. The van der Waals surface area contributed by atoms with Gasteiger partial charge in [0.25, 0.3) is 0 Å². The van der Waals surface area contributed by atoms with Crippen LogP contribution in [-0.2, 0) is 0 Å². The van der Waals surface area contributed by atoms with E-state index in [0.717, 1.165) is 25.7 Å². The Morgan fingerprint density at radius 3 is 2.67 bits per heavy atom. The fourth-order valence-electron chi connectivity index (χ4n) is 2.71. The summed E-state index contributed by atoms with van der Waals surface area (Å²) in [5.41, 5.74) is -0.498. The highest BCUT2D eigenvalue weighted by Gasteiger charge is 2.34. The lowest BCUT2D eigenvalue weighted by molar-refractivity contribution is 0.00204. The van der Waals surface area contributed by atoms with Crippen LogP contribution in [0, 0.1) is 0 Å². The highest BCUT2D eigenvalue weighted by atomic mass is 79.9. The Morgan fingerprint density at radius 1 is 1.50 bits per heavy atom. The molecule has 1 heterocycles. The third-order valence-corrected chi connectivity index (χ3v) is 5.56. The molecule has 2 N–H and O–H groups in total. The molecule has 1 aliphatic rings. The van der Waals surface area contributed by atoms with Crippen molar-refractivity contribution in [1.29, 1.82) is 0 Å². The first-order chi connectivity index (χ1) is 8.54. The van der Waals surface area contributed by atoms with Crippen LogP contribution >= 0.6 is 27.3 Å². The fraction of sp³-hybridized carbons (Fsp3) is 0.692. The summed E-state index contributed by atoms with van der Waals surface area (Å²) in [6.45, 7) is 0.702. The Labute approximate surface area is 121 Å². The van der Waals surface area contributed by atoms with Crippen LogP contribution in [0.15, 0.2) is 15.9 Å². The number of hydrogen-bond donors (Lipinski definition) is 2. The van der Waals surface area contributed by atoms with Gasteiger partial charge in [-0.15, -0.1) is 11.3 Å². The van der Waals surface area contributed by atoms with Crippen molar-refractivity contribution in [2.75, 3.05) is 25.5 Å². The van der Waals surface area contributed by atoms with Gasteiger partial charge in [-0.3, -0.25) is 0 Å². The summed E-state index contributed by atoms with van der Waals surface area (Å²) in [6.07, 6.45) is 3.89. The second-order valence-electron chi connectivity index (χ2n) is 5.17. The van der Waals surface area contributed by atoms with Crippen LogP contribution in [0.25, 0.3) is 0 Å². The molecule has 0 unspecified atom stereocenters. The molecule has 18 heavy (non-hydrogen) atoms. The normalized spacial score (nSPS) is 28.3. The summed E-state index contributed by atoms with van der Waals surface area (Å²) in [4.78, 5) is 2.36. The van der Waals surface area contributed by atoms with Crippen molar-refractivity contribution in [2.24, 2.45) is 0 Å². The number of likely N-dealkylation sites (N-methyl/N-ethyl adjacent to an activating group) is 1. The number of aliphatic hydroxyl groups is 1. The van der Waals surface area contributed by atoms with E-state index < -0.39 is 5.60 Å². The Balaban J connectivity index is 1.93. The molecule has 102 valence electrons. The summed E-state index contributed by atoms with van der Waals surface area (Å²) in [6, 6.07) is 4.80. The minimum atomic E-state index is -0.498. The van der Waals surface area contributed by atoms with Crippen LogP contribution in [-0.4, -0.2) is 37.4 Å². The third-order valence-electron chi connectivity index (χ3n) is 3.85. The Morgan fingerprint density at radius 2 is 2.17 bits per heavy atom. The summed E-state index contributed by atoms with van der Waals surface area (Å²) < 4.78 is 1.17. The van der Waals surface area contributed by atoms with Crippen LogP contribution in [0.3, 0.4) is 0 Å². The first-order valence-electron chi connectivity index (χ1n) is 6.39. The highest BCUT2D eigenvalue weighted by molar-refractivity contribution is 9.11. The maximum Gasteiger partial charge on any atom is 0.0920 e. The molecule has 1 saturated carbocycles. The second kappa shape index (κ2) is 5.90. The molecule has 3 nitrogen and oxygen atoms in total.